The molecule has 0 atom stereocenters. The van der Waals surface area contributed by atoms with Gasteiger partial charge in [0.1, 0.15) is 0 Å². The Morgan fingerprint density at radius 1 is 1.30 bits per heavy atom. The molecule has 0 aromatic carbocycles. The molecule has 1 fully saturated rings. The Balaban J connectivity index is 2.83. The molecule has 1 aliphatic heterocycles. The SMILES string of the molecule is CCCN(CC(C)(C)CN)S(=O)(=O)N1CCC(C)CC1. The third-order valence-electron chi connectivity index (χ3n) is 4.03. The highest BCUT2D eigenvalue weighted by Gasteiger charge is 2.34. The van der Waals surface area contributed by atoms with Crippen LogP contribution in [0.3, 0.4) is 0 Å². The molecule has 2 N–H and O–H groups in total. The third kappa shape index (κ3) is 4.69. The highest BCUT2D eigenvalue weighted by molar-refractivity contribution is 7.86. The molecule has 0 aromatic heterocycles. The van der Waals surface area contributed by atoms with Crippen LogP contribution < -0.4 is 5.73 Å². The maximum Gasteiger partial charge on any atom is 0.281 e. The van der Waals surface area contributed by atoms with Crippen molar-refractivity contribution < 1.29 is 8.42 Å². The van der Waals surface area contributed by atoms with Crippen molar-refractivity contribution in [1.29, 1.82) is 0 Å². The number of hydrogen-bond acceptors (Lipinski definition) is 3. The molecular weight excluding hydrogens is 274 g/mol. The molecular formula is C14H31N3O2S. The molecule has 0 unspecified atom stereocenters. The van der Waals surface area contributed by atoms with Gasteiger partial charge < -0.3 is 5.73 Å². The zero-order valence-corrected chi connectivity index (χ0v) is 14.2. The minimum atomic E-state index is -3.34. The Kier molecular flexibility index (Phi) is 6.44. The Hall–Kier alpha value is -0.170. The second kappa shape index (κ2) is 7.20. The van der Waals surface area contributed by atoms with Crippen molar-refractivity contribution in [1.82, 2.24) is 8.61 Å². The van der Waals surface area contributed by atoms with Crippen molar-refractivity contribution in [2.45, 2.75) is 47.0 Å². The van der Waals surface area contributed by atoms with Crippen LogP contribution in [0.15, 0.2) is 0 Å². The molecule has 0 spiro atoms. The lowest BCUT2D eigenvalue weighted by Crippen LogP contribution is -2.50. The average Bonchev–Trinajstić information content (AvgIpc) is 2.38. The zero-order chi connectivity index (χ0) is 15.4. The van der Waals surface area contributed by atoms with Gasteiger partial charge in [0.05, 0.1) is 0 Å². The fourth-order valence-electron chi connectivity index (χ4n) is 2.45. The molecule has 0 aliphatic carbocycles. The van der Waals surface area contributed by atoms with Crippen LogP contribution in [0.4, 0.5) is 0 Å². The van der Waals surface area contributed by atoms with Crippen LogP contribution in [0.5, 0.6) is 0 Å². The molecule has 0 aromatic rings. The molecule has 120 valence electrons. The highest BCUT2D eigenvalue weighted by Crippen LogP contribution is 2.24. The van der Waals surface area contributed by atoms with E-state index in [9.17, 15) is 8.42 Å². The number of rotatable bonds is 7. The smallest absolute Gasteiger partial charge is 0.281 e. The van der Waals surface area contributed by atoms with Crippen molar-refractivity contribution >= 4 is 10.2 Å². The third-order valence-corrected chi connectivity index (χ3v) is 6.01. The molecule has 1 rings (SSSR count). The van der Waals surface area contributed by atoms with E-state index in [-0.39, 0.29) is 5.41 Å². The summed E-state index contributed by atoms with van der Waals surface area (Å²) in [6.07, 6.45) is 2.74. The molecule has 1 heterocycles. The second-order valence-corrected chi connectivity index (χ2v) is 8.72. The minimum absolute atomic E-state index is 0.189. The molecule has 0 bridgehead atoms. The van der Waals surface area contributed by atoms with Crippen LogP contribution in [-0.4, -0.2) is 49.8 Å². The Morgan fingerprint density at radius 3 is 2.30 bits per heavy atom. The summed E-state index contributed by atoms with van der Waals surface area (Å²) in [5, 5.41) is 0. The fraction of sp³-hybridized carbons (Fsp3) is 1.00. The fourth-order valence-corrected chi connectivity index (χ4v) is 4.37. The lowest BCUT2D eigenvalue weighted by atomic mass is 9.94. The summed E-state index contributed by atoms with van der Waals surface area (Å²) in [5.41, 5.74) is 5.57. The van der Waals surface area contributed by atoms with E-state index in [4.69, 9.17) is 5.73 Å². The Labute approximate surface area is 124 Å². The van der Waals surface area contributed by atoms with Crippen molar-refractivity contribution in [3.8, 4) is 0 Å². The van der Waals surface area contributed by atoms with Gasteiger partial charge in [-0.1, -0.05) is 27.7 Å². The van der Waals surface area contributed by atoms with Gasteiger partial charge in [-0.15, -0.1) is 0 Å². The molecule has 1 aliphatic rings. The quantitative estimate of drug-likeness (QED) is 0.778. The Bertz CT molecular complexity index is 387. The van der Waals surface area contributed by atoms with Gasteiger partial charge in [-0.2, -0.15) is 17.0 Å². The van der Waals surface area contributed by atoms with Gasteiger partial charge in [0, 0.05) is 26.2 Å². The van der Waals surface area contributed by atoms with Gasteiger partial charge in [0.25, 0.3) is 10.2 Å². The summed E-state index contributed by atoms with van der Waals surface area (Å²) in [4.78, 5) is 0. The van der Waals surface area contributed by atoms with Crippen LogP contribution in [-0.2, 0) is 10.2 Å². The molecule has 5 nitrogen and oxygen atoms in total. The van der Waals surface area contributed by atoms with Gasteiger partial charge in [-0.25, -0.2) is 0 Å². The first-order valence-electron chi connectivity index (χ1n) is 7.68. The van der Waals surface area contributed by atoms with Crippen LogP contribution in [0.1, 0.15) is 47.0 Å². The van der Waals surface area contributed by atoms with Crippen molar-refractivity contribution in [2.24, 2.45) is 17.1 Å². The standard InChI is InChI=1S/C14H31N3O2S/c1-5-8-17(12-14(3,4)11-15)20(18,19)16-9-6-13(2)7-10-16/h13H,5-12,15H2,1-4H3. The van der Waals surface area contributed by atoms with E-state index in [0.717, 1.165) is 19.3 Å². The van der Waals surface area contributed by atoms with Crippen molar-refractivity contribution in [2.75, 3.05) is 32.7 Å². The van der Waals surface area contributed by atoms with E-state index in [1.54, 1.807) is 8.61 Å². The minimum Gasteiger partial charge on any atom is -0.330 e. The van der Waals surface area contributed by atoms with E-state index >= 15 is 0 Å². The lowest BCUT2D eigenvalue weighted by molar-refractivity contribution is 0.229. The Morgan fingerprint density at radius 2 is 1.85 bits per heavy atom. The molecule has 1 saturated heterocycles. The average molecular weight is 305 g/mol. The first-order chi connectivity index (χ1) is 9.23. The van der Waals surface area contributed by atoms with E-state index in [1.807, 2.05) is 20.8 Å². The summed E-state index contributed by atoms with van der Waals surface area (Å²) in [7, 11) is -3.34. The molecule has 0 saturated carbocycles. The monoisotopic (exact) mass is 305 g/mol. The van der Waals surface area contributed by atoms with E-state index in [1.165, 1.54) is 0 Å². The van der Waals surface area contributed by atoms with E-state index in [2.05, 4.69) is 6.92 Å². The highest BCUT2D eigenvalue weighted by atomic mass is 32.2. The van der Waals surface area contributed by atoms with E-state index < -0.39 is 10.2 Å². The normalized spacial score (nSPS) is 19.7. The van der Waals surface area contributed by atoms with Gasteiger partial charge in [-0.05, 0) is 37.1 Å². The number of hydrogen-bond donors (Lipinski definition) is 1. The summed E-state index contributed by atoms with van der Waals surface area (Å²) in [6, 6.07) is 0. The van der Waals surface area contributed by atoms with Crippen molar-refractivity contribution in [3.05, 3.63) is 0 Å². The molecule has 0 amide bonds. The maximum atomic E-state index is 12.8. The summed E-state index contributed by atoms with van der Waals surface area (Å²) in [5.74, 6) is 0.626. The summed E-state index contributed by atoms with van der Waals surface area (Å²) in [6.45, 7) is 11.1. The topological polar surface area (TPSA) is 66.6 Å². The van der Waals surface area contributed by atoms with Crippen LogP contribution in [0.25, 0.3) is 0 Å². The van der Waals surface area contributed by atoms with E-state index in [0.29, 0.717) is 38.6 Å². The number of nitrogens with zero attached hydrogens (tertiary/aromatic N) is 2. The van der Waals surface area contributed by atoms with Gasteiger partial charge in [0.2, 0.25) is 0 Å². The van der Waals surface area contributed by atoms with Gasteiger partial charge in [-0.3, -0.25) is 0 Å². The molecule has 20 heavy (non-hydrogen) atoms. The predicted octanol–water partition coefficient (Wildman–Crippen LogP) is 1.66. The van der Waals surface area contributed by atoms with Crippen LogP contribution in [0, 0.1) is 11.3 Å². The van der Waals surface area contributed by atoms with Crippen LogP contribution in [0.2, 0.25) is 0 Å². The molecule has 0 radical (unpaired) electrons. The maximum absolute atomic E-state index is 12.8. The lowest BCUT2D eigenvalue weighted by Gasteiger charge is -2.37. The van der Waals surface area contributed by atoms with Crippen LogP contribution >= 0.6 is 0 Å². The van der Waals surface area contributed by atoms with Crippen molar-refractivity contribution in [3.63, 3.8) is 0 Å². The first-order valence-corrected chi connectivity index (χ1v) is 9.08. The first kappa shape index (κ1) is 17.9. The zero-order valence-electron chi connectivity index (χ0n) is 13.4. The molecule has 6 heteroatoms. The van der Waals surface area contributed by atoms with Gasteiger partial charge in [0.15, 0.2) is 0 Å². The number of piperidine rings is 1. The summed E-state index contributed by atoms with van der Waals surface area (Å²) >= 11 is 0. The second-order valence-electron chi connectivity index (χ2n) is 6.79. The predicted molar refractivity (Wildman–Crippen MR) is 83.6 cm³/mol. The van der Waals surface area contributed by atoms with Gasteiger partial charge >= 0.3 is 0 Å². The summed E-state index contributed by atoms with van der Waals surface area (Å²) < 4.78 is 28.8. The number of nitrogens with two attached hydrogens (primary N) is 1. The largest absolute Gasteiger partial charge is 0.330 e.